The molecule has 0 bridgehead atoms. The quantitative estimate of drug-likeness (QED) is 0.727. The van der Waals surface area contributed by atoms with Crippen molar-refractivity contribution in [2.45, 2.75) is 30.8 Å². The first-order valence-corrected chi connectivity index (χ1v) is 9.98. The zero-order chi connectivity index (χ0) is 20.8. The second-order valence-electron chi connectivity index (χ2n) is 7.79. The van der Waals surface area contributed by atoms with E-state index in [1.807, 2.05) is 36.4 Å². The summed E-state index contributed by atoms with van der Waals surface area (Å²) >= 11 is 0. The van der Waals surface area contributed by atoms with Gasteiger partial charge in [0.2, 0.25) is 5.43 Å². The Hall–Kier alpha value is -3.48. The zero-order valence-electron chi connectivity index (χ0n) is 16.1. The van der Waals surface area contributed by atoms with Crippen LogP contribution >= 0.6 is 0 Å². The molecule has 7 heteroatoms. The lowest BCUT2D eigenvalue weighted by molar-refractivity contribution is 0.0565. The minimum atomic E-state index is -0.687. The Balaban J connectivity index is 1.78. The Bertz CT molecular complexity index is 1180. The van der Waals surface area contributed by atoms with Crippen molar-refractivity contribution < 1.29 is 14.3 Å². The van der Waals surface area contributed by atoms with Gasteiger partial charge < -0.3 is 10.0 Å². The number of benzene rings is 2. The Labute approximate surface area is 172 Å². The number of rotatable bonds is 3. The van der Waals surface area contributed by atoms with Crippen molar-refractivity contribution in [1.82, 2.24) is 14.7 Å². The summed E-state index contributed by atoms with van der Waals surface area (Å²) in [6.45, 7) is 0.549. The zero-order valence-corrected chi connectivity index (χ0v) is 16.1. The maximum absolute atomic E-state index is 14.2. The molecule has 0 radical (unpaired) electrons. The summed E-state index contributed by atoms with van der Waals surface area (Å²) < 4.78 is 15.7. The molecule has 1 N–H and O–H groups in total. The van der Waals surface area contributed by atoms with Crippen LogP contribution in [0.2, 0.25) is 0 Å². The van der Waals surface area contributed by atoms with E-state index in [9.17, 15) is 19.1 Å². The molecule has 3 aromatic rings. The van der Waals surface area contributed by atoms with Gasteiger partial charge in [0, 0.05) is 12.5 Å². The van der Waals surface area contributed by atoms with Crippen molar-refractivity contribution in [3.63, 3.8) is 0 Å². The van der Waals surface area contributed by atoms with E-state index < -0.39 is 17.2 Å². The van der Waals surface area contributed by atoms with Crippen LogP contribution in [0.4, 0.5) is 4.39 Å². The van der Waals surface area contributed by atoms with Gasteiger partial charge in [0.05, 0.1) is 18.3 Å². The van der Waals surface area contributed by atoms with E-state index in [4.69, 9.17) is 0 Å². The van der Waals surface area contributed by atoms with E-state index in [2.05, 4.69) is 5.10 Å². The predicted molar refractivity (Wildman–Crippen MR) is 108 cm³/mol. The molecule has 0 spiro atoms. The van der Waals surface area contributed by atoms with Gasteiger partial charge >= 0.3 is 0 Å². The third-order valence-corrected chi connectivity index (χ3v) is 6.13. The first-order chi connectivity index (χ1) is 14.6. The number of carbonyl (C=O) groups excluding carboxylic acids is 1. The molecular weight excluding hydrogens is 385 g/mol. The van der Waals surface area contributed by atoms with E-state index in [1.165, 1.54) is 16.8 Å². The van der Waals surface area contributed by atoms with Crippen molar-refractivity contribution in [2.75, 3.05) is 6.54 Å². The molecule has 0 aliphatic carbocycles. The fraction of sp³-hybridized carbons (Fsp3) is 0.261. The van der Waals surface area contributed by atoms with Crippen molar-refractivity contribution >= 4 is 5.91 Å². The average Bonchev–Trinajstić information content (AvgIpc) is 3.24. The molecule has 152 valence electrons. The average molecular weight is 405 g/mol. The summed E-state index contributed by atoms with van der Waals surface area (Å²) in [6, 6.07) is 15.5. The van der Waals surface area contributed by atoms with Gasteiger partial charge in [-0.25, -0.2) is 4.39 Å². The molecule has 3 heterocycles. The maximum atomic E-state index is 14.2. The SMILES string of the molecule is O=C1c2c(O)c(=O)cnn2[C@@H]([C@@H](c2ccccc2)c2cccc(F)c2)[C@H]2CCCN12. The van der Waals surface area contributed by atoms with Gasteiger partial charge in [0.15, 0.2) is 11.4 Å². The highest BCUT2D eigenvalue weighted by Gasteiger charge is 2.48. The van der Waals surface area contributed by atoms with Crippen LogP contribution in [0.5, 0.6) is 5.75 Å². The summed E-state index contributed by atoms with van der Waals surface area (Å²) in [6.07, 6.45) is 2.62. The number of fused-ring (bicyclic) bond motifs is 2. The molecule has 5 rings (SSSR count). The normalized spacial score (nSPS) is 21.2. The molecular formula is C23H20FN3O3. The highest BCUT2D eigenvalue weighted by atomic mass is 19.1. The number of hydrogen-bond acceptors (Lipinski definition) is 4. The van der Waals surface area contributed by atoms with Crippen LogP contribution < -0.4 is 5.43 Å². The van der Waals surface area contributed by atoms with Crippen molar-refractivity contribution in [3.8, 4) is 5.75 Å². The number of nitrogens with zero attached hydrogens (tertiary/aromatic N) is 3. The molecule has 1 fully saturated rings. The van der Waals surface area contributed by atoms with Crippen LogP contribution in [-0.2, 0) is 0 Å². The Morgan fingerprint density at radius 2 is 1.83 bits per heavy atom. The standard InChI is InChI=1S/C23H20FN3O3/c24-16-9-4-8-15(12-16)19(14-6-2-1-3-7-14)20-17-10-5-11-26(17)23(30)21-22(29)18(28)13-25-27(20)21/h1-4,6-9,12-13,17,19-20,29H,5,10-11H2/t17-,19+,20-/m1/s1. The minimum absolute atomic E-state index is 0.0945. The molecule has 1 amide bonds. The Morgan fingerprint density at radius 1 is 1.07 bits per heavy atom. The van der Waals surface area contributed by atoms with Crippen LogP contribution in [0.3, 0.4) is 0 Å². The third-order valence-electron chi connectivity index (χ3n) is 6.13. The number of carbonyl (C=O) groups is 1. The molecule has 0 unspecified atom stereocenters. The number of amides is 1. The van der Waals surface area contributed by atoms with Crippen molar-refractivity contribution in [1.29, 1.82) is 0 Å². The Kier molecular flexibility index (Phi) is 4.38. The summed E-state index contributed by atoms with van der Waals surface area (Å²) in [5.41, 5.74) is 0.912. The smallest absolute Gasteiger partial charge is 0.276 e. The van der Waals surface area contributed by atoms with E-state index >= 15 is 0 Å². The topological polar surface area (TPSA) is 75.4 Å². The van der Waals surface area contributed by atoms with Gasteiger partial charge in [0.1, 0.15) is 5.82 Å². The minimum Gasteiger partial charge on any atom is -0.502 e. The molecule has 30 heavy (non-hydrogen) atoms. The van der Waals surface area contributed by atoms with Crippen LogP contribution in [0.1, 0.15) is 46.4 Å². The maximum Gasteiger partial charge on any atom is 0.276 e. The summed E-state index contributed by atoms with van der Waals surface area (Å²) in [4.78, 5) is 26.8. The fourth-order valence-electron chi connectivity index (χ4n) is 4.89. The van der Waals surface area contributed by atoms with Crippen LogP contribution in [0, 0.1) is 5.82 Å². The molecule has 3 atom stereocenters. The first-order valence-electron chi connectivity index (χ1n) is 9.98. The van der Waals surface area contributed by atoms with E-state index in [1.54, 1.807) is 11.0 Å². The van der Waals surface area contributed by atoms with Gasteiger partial charge in [-0.2, -0.15) is 5.10 Å². The van der Waals surface area contributed by atoms with Crippen LogP contribution in [0.15, 0.2) is 65.6 Å². The molecule has 1 saturated heterocycles. The van der Waals surface area contributed by atoms with Gasteiger partial charge in [-0.05, 0) is 36.1 Å². The summed E-state index contributed by atoms with van der Waals surface area (Å²) in [5, 5.41) is 14.7. The first kappa shape index (κ1) is 18.5. The third kappa shape index (κ3) is 2.81. The number of halogens is 1. The number of hydrogen-bond donors (Lipinski definition) is 1. The monoisotopic (exact) mass is 405 g/mol. The van der Waals surface area contributed by atoms with Crippen molar-refractivity contribution in [2.24, 2.45) is 0 Å². The highest BCUT2D eigenvalue weighted by molar-refractivity contribution is 5.96. The number of aromatic hydroxyl groups is 1. The molecule has 0 saturated carbocycles. The predicted octanol–water partition coefficient (Wildman–Crippen LogP) is 3.08. The lowest BCUT2D eigenvalue weighted by atomic mass is 9.80. The summed E-state index contributed by atoms with van der Waals surface area (Å²) in [7, 11) is 0. The van der Waals surface area contributed by atoms with E-state index in [0.29, 0.717) is 6.54 Å². The van der Waals surface area contributed by atoms with Gasteiger partial charge in [-0.3, -0.25) is 14.3 Å². The second kappa shape index (κ2) is 7.09. The van der Waals surface area contributed by atoms with Gasteiger partial charge in [-0.15, -0.1) is 0 Å². The largest absolute Gasteiger partial charge is 0.502 e. The molecule has 6 nitrogen and oxygen atoms in total. The molecule has 1 aromatic heterocycles. The molecule has 2 aliphatic heterocycles. The molecule has 2 aliphatic rings. The lowest BCUT2D eigenvalue weighted by Crippen LogP contribution is -2.50. The highest BCUT2D eigenvalue weighted by Crippen LogP contribution is 2.45. The number of aromatic nitrogens is 2. The van der Waals surface area contributed by atoms with Crippen LogP contribution in [0.25, 0.3) is 0 Å². The van der Waals surface area contributed by atoms with E-state index in [-0.39, 0.29) is 29.4 Å². The fourth-order valence-corrected chi connectivity index (χ4v) is 4.89. The lowest BCUT2D eigenvalue weighted by Gasteiger charge is -2.42. The van der Waals surface area contributed by atoms with Crippen molar-refractivity contribution in [3.05, 3.63) is 93.7 Å². The summed E-state index contributed by atoms with van der Waals surface area (Å²) in [5.74, 6) is -1.65. The Morgan fingerprint density at radius 3 is 2.60 bits per heavy atom. The molecule has 2 aromatic carbocycles. The second-order valence-corrected chi connectivity index (χ2v) is 7.79. The van der Waals surface area contributed by atoms with Crippen LogP contribution in [-0.4, -0.2) is 38.3 Å². The van der Waals surface area contributed by atoms with E-state index in [0.717, 1.165) is 30.2 Å². The van der Waals surface area contributed by atoms with Gasteiger partial charge in [-0.1, -0.05) is 42.5 Å². The van der Waals surface area contributed by atoms with Gasteiger partial charge in [0.25, 0.3) is 5.91 Å².